The van der Waals surface area contributed by atoms with Crippen molar-refractivity contribution in [1.82, 2.24) is 0 Å². The fourth-order valence-electron chi connectivity index (χ4n) is 1.70. The van der Waals surface area contributed by atoms with E-state index in [1.807, 2.05) is 0 Å². The molecule has 0 unspecified atom stereocenters. The largest absolute Gasteiger partial charge is 0.496 e. The van der Waals surface area contributed by atoms with Gasteiger partial charge in [-0.3, -0.25) is 4.79 Å². The summed E-state index contributed by atoms with van der Waals surface area (Å²) < 4.78 is 28.0. The summed E-state index contributed by atoms with van der Waals surface area (Å²) >= 11 is 0. The summed E-state index contributed by atoms with van der Waals surface area (Å²) in [7, 11) is 1.36. The Labute approximate surface area is 125 Å². The fourth-order valence-corrected chi connectivity index (χ4v) is 1.70. The number of rotatable bonds is 6. The Morgan fingerprint density at radius 3 is 2.82 bits per heavy atom. The van der Waals surface area contributed by atoms with Crippen molar-refractivity contribution in [2.24, 2.45) is 0 Å². The Kier molecular flexibility index (Phi) is 5.08. The van der Waals surface area contributed by atoms with Gasteiger partial charge in [0.2, 0.25) is 5.78 Å². The number of ketones is 1. The van der Waals surface area contributed by atoms with Gasteiger partial charge in [-0.25, -0.2) is 9.18 Å². The molecule has 6 heteroatoms. The van der Waals surface area contributed by atoms with Crippen molar-refractivity contribution in [2.75, 3.05) is 13.7 Å². The molecule has 0 saturated carbocycles. The van der Waals surface area contributed by atoms with E-state index in [9.17, 15) is 14.0 Å². The molecular weight excluding hydrogens is 291 g/mol. The lowest BCUT2D eigenvalue weighted by Crippen LogP contribution is -2.13. The van der Waals surface area contributed by atoms with Gasteiger partial charge in [-0.2, -0.15) is 0 Å². The van der Waals surface area contributed by atoms with Crippen molar-refractivity contribution in [3.8, 4) is 5.75 Å². The third-order valence-corrected chi connectivity index (χ3v) is 2.73. The predicted molar refractivity (Wildman–Crippen MR) is 76.0 cm³/mol. The molecule has 0 spiro atoms. The number of carbonyl (C=O) groups is 2. The van der Waals surface area contributed by atoms with Gasteiger partial charge < -0.3 is 13.9 Å². The number of ether oxygens (including phenoxy) is 2. The monoisotopic (exact) mass is 304 g/mol. The molecule has 0 radical (unpaired) electrons. The third-order valence-electron chi connectivity index (χ3n) is 2.73. The van der Waals surface area contributed by atoms with E-state index >= 15 is 0 Å². The summed E-state index contributed by atoms with van der Waals surface area (Å²) in [4.78, 5) is 23.4. The number of Topliss-reactive ketones (excluding diaryl/α,β-unsaturated/α-hetero) is 1. The minimum atomic E-state index is -0.708. The second-order valence-corrected chi connectivity index (χ2v) is 4.22. The Balaban J connectivity index is 1.95. The number of hydrogen-bond acceptors (Lipinski definition) is 5. The Morgan fingerprint density at radius 2 is 2.14 bits per heavy atom. The summed E-state index contributed by atoms with van der Waals surface area (Å²) in [6, 6.07) is 6.87. The molecule has 2 aromatic rings. The highest BCUT2D eigenvalue weighted by atomic mass is 19.1. The second kappa shape index (κ2) is 7.21. The molecule has 2 rings (SSSR count). The molecular formula is C16H13FO5. The van der Waals surface area contributed by atoms with E-state index in [4.69, 9.17) is 13.9 Å². The van der Waals surface area contributed by atoms with Gasteiger partial charge in [0.15, 0.2) is 6.61 Å². The number of methoxy groups -OCH3 is 1. The van der Waals surface area contributed by atoms with Crippen molar-refractivity contribution >= 4 is 17.8 Å². The zero-order valence-corrected chi connectivity index (χ0v) is 11.7. The van der Waals surface area contributed by atoms with Crippen molar-refractivity contribution in [1.29, 1.82) is 0 Å². The van der Waals surface area contributed by atoms with Crippen LogP contribution >= 0.6 is 0 Å². The minimum Gasteiger partial charge on any atom is -0.496 e. The molecule has 0 atom stereocenters. The zero-order valence-electron chi connectivity index (χ0n) is 11.7. The summed E-state index contributed by atoms with van der Waals surface area (Å²) in [5.74, 6) is -1.15. The van der Waals surface area contributed by atoms with Crippen LogP contribution in [-0.4, -0.2) is 25.5 Å². The molecule has 5 nitrogen and oxygen atoms in total. The first kappa shape index (κ1) is 15.5. The summed E-state index contributed by atoms with van der Waals surface area (Å²) in [5, 5.41) is 0. The zero-order chi connectivity index (χ0) is 15.9. The standard InChI is InChI=1S/C16H13FO5/c1-20-15-6-4-11(17)9-13(15)14(18)10-22-16(19)7-5-12-3-2-8-21-12/h2-9H,10H2,1H3/b7-5+. The maximum Gasteiger partial charge on any atom is 0.331 e. The number of furan rings is 1. The molecule has 0 saturated heterocycles. The van der Waals surface area contributed by atoms with Crippen LogP contribution in [0.15, 0.2) is 47.1 Å². The molecule has 114 valence electrons. The number of carbonyl (C=O) groups excluding carboxylic acids is 2. The lowest BCUT2D eigenvalue weighted by Gasteiger charge is -2.07. The van der Waals surface area contributed by atoms with Crippen LogP contribution in [0.5, 0.6) is 5.75 Å². The van der Waals surface area contributed by atoms with Gasteiger partial charge in [0.05, 0.1) is 18.9 Å². The van der Waals surface area contributed by atoms with Crippen LogP contribution in [0.25, 0.3) is 6.08 Å². The van der Waals surface area contributed by atoms with Crippen LogP contribution in [0, 0.1) is 5.82 Å². The SMILES string of the molecule is COc1ccc(F)cc1C(=O)COC(=O)/C=C/c1ccco1. The molecule has 1 heterocycles. The highest BCUT2D eigenvalue weighted by Gasteiger charge is 2.15. The van der Waals surface area contributed by atoms with Gasteiger partial charge in [-0.1, -0.05) is 0 Å². The fraction of sp³-hybridized carbons (Fsp3) is 0.125. The van der Waals surface area contributed by atoms with Crippen molar-refractivity contribution < 1.29 is 27.9 Å². The van der Waals surface area contributed by atoms with Gasteiger partial charge in [0.25, 0.3) is 0 Å². The topological polar surface area (TPSA) is 65.7 Å². The van der Waals surface area contributed by atoms with Crippen molar-refractivity contribution in [3.05, 3.63) is 59.8 Å². The first-order chi connectivity index (χ1) is 10.6. The summed E-state index contributed by atoms with van der Waals surface area (Å²) in [5.41, 5.74) is 0.0188. The van der Waals surface area contributed by atoms with Gasteiger partial charge in [-0.05, 0) is 36.4 Å². The molecule has 0 aliphatic heterocycles. The van der Waals surface area contributed by atoms with Crippen molar-refractivity contribution in [3.63, 3.8) is 0 Å². The Morgan fingerprint density at radius 1 is 1.32 bits per heavy atom. The van der Waals surface area contributed by atoms with Crippen LogP contribution in [0.2, 0.25) is 0 Å². The maximum absolute atomic E-state index is 13.2. The van der Waals surface area contributed by atoms with E-state index in [0.29, 0.717) is 5.76 Å². The highest BCUT2D eigenvalue weighted by Crippen LogP contribution is 2.19. The molecule has 0 aliphatic carbocycles. The van der Waals surface area contributed by atoms with Crippen LogP contribution in [0.1, 0.15) is 16.1 Å². The van der Waals surface area contributed by atoms with E-state index in [0.717, 1.165) is 12.1 Å². The second-order valence-electron chi connectivity index (χ2n) is 4.22. The first-order valence-electron chi connectivity index (χ1n) is 6.35. The van der Waals surface area contributed by atoms with E-state index in [-0.39, 0.29) is 11.3 Å². The summed E-state index contributed by atoms with van der Waals surface area (Å²) in [6.45, 7) is -0.513. The van der Waals surface area contributed by atoms with Gasteiger partial charge >= 0.3 is 5.97 Å². The maximum atomic E-state index is 13.2. The lowest BCUT2D eigenvalue weighted by molar-refractivity contribution is -0.136. The number of halogens is 1. The minimum absolute atomic E-state index is 0.0188. The number of benzene rings is 1. The van der Waals surface area contributed by atoms with Crippen LogP contribution < -0.4 is 4.74 Å². The summed E-state index contributed by atoms with van der Waals surface area (Å²) in [6.07, 6.45) is 4.01. The first-order valence-corrected chi connectivity index (χ1v) is 6.35. The van der Waals surface area contributed by atoms with E-state index in [1.54, 1.807) is 12.1 Å². The predicted octanol–water partition coefficient (Wildman–Crippen LogP) is 2.87. The molecule has 0 fully saturated rings. The molecule has 0 amide bonds. The smallest absolute Gasteiger partial charge is 0.331 e. The lowest BCUT2D eigenvalue weighted by atomic mass is 10.1. The van der Waals surface area contributed by atoms with Gasteiger partial charge in [0, 0.05) is 6.08 Å². The van der Waals surface area contributed by atoms with E-state index in [2.05, 4.69) is 0 Å². The highest BCUT2D eigenvalue weighted by molar-refractivity contribution is 6.01. The van der Waals surface area contributed by atoms with Crippen molar-refractivity contribution in [2.45, 2.75) is 0 Å². The van der Waals surface area contributed by atoms with E-state index in [1.165, 1.54) is 31.6 Å². The van der Waals surface area contributed by atoms with E-state index < -0.39 is 24.2 Å². The average molecular weight is 304 g/mol. The normalized spacial score (nSPS) is 10.6. The van der Waals surface area contributed by atoms with Gasteiger partial charge in [0.1, 0.15) is 17.3 Å². The van der Waals surface area contributed by atoms with Crippen LogP contribution in [0.4, 0.5) is 4.39 Å². The number of hydrogen-bond donors (Lipinski definition) is 0. The average Bonchev–Trinajstić information content (AvgIpc) is 3.04. The molecule has 0 aliphatic rings. The molecule has 0 bridgehead atoms. The Bertz CT molecular complexity index is 689. The molecule has 1 aromatic carbocycles. The quantitative estimate of drug-likeness (QED) is 0.466. The number of esters is 1. The molecule has 1 aromatic heterocycles. The van der Waals surface area contributed by atoms with Crippen LogP contribution in [-0.2, 0) is 9.53 Å². The molecule has 0 N–H and O–H groups in total. The van der Waals surface area contributed by atoms with Gasteiger partial charge in [-0.15, -0.1) is 0 Å². The molecule has 22 heavy (non-hydrogen) atoms. The van der Waals surface area contributed by atoms with Crippen LogP contribution in [0.3, 0.4) is 0 Å². The third kappa shape index (κ3) is 4.05. The Hall–Kier alpha value is -2.89.